The molecule has 0 aliphatic heterocycles. The molecule has 0 saturated heterocycles. The summed E-state index contributed by atoms with van der Waals surface area (Å²) in [6.07, 6.45) is 1.20. The van der Waals surface area contributed by atoms with Crippen LogP contribution in [0.1, 0.15) is 5.56 Å². The molecule has 0 aromatic heterocycles. The first-order valence-corrected chi connectivity index (χ1v) is 8.53. The summed E-state index contributed by atoms with van der Waals surface area (Å²) in [4.78, 5) is 25.4. The monoisotopic (exact) mass is 396 g/mol. The van der Waals surface area contributed by atoms with Gasteiger partial charge < -0.3 is 10.6 Å². The molecule has 4 nitrogen and oxygen atoms in total. The Morgan fingerprint density at radius 1 is 0.655 bits per heavy atom. The number of benzene rings is 3. The summed E-state index contributed by atoms with van der Waals surface area (Å²) in [5.41, 5.74) is -0.306. The molecule has 0 heterocycles. The fourth-order valence-corrected chi connectivity index (χ4v) is 2.46. The summed E-state index contributed by atoms with van der Waals surface area (Å²) in [5, 5.41) is 4.62. The van der Waals surface area contributed by atoms with Crippen molar-refractivity contribution in [1.82, 2.24) is 0 Å². The van der Waals surface area contributed by atoms with Crippen LogP contribution in [-0.2, 0) is 9.59 Å². The molecule has 2 N–H and O–H groups in total. The van der Waals surface area contributed by atoms with Gasteiger partial charge in [0.15, 0.2) is 0 Å². The minimum Gasteiger partial charge on any atom is -0.319 e. The van der Waals surface area contributed by atoms with E-state index in [-0.39, 0.29) is 11.4 Å². The van der Waals surface area contributed by atoms with Crippen LogP contribution >= 0.6 is 0 Å². The zero-order valence-corrected chi connectivity index (χ0v) is 15.0. The lowest BCUT2D eigenvalue weighted by molar-refractivity contribution is -0.118. The fourth-order valence-electron chi connectivity index (χ4n) is 2.46. The molecule has 7 heteroatoms. The van der Waals surface area contributed by atoms with Crippen LogP contribution in [0.2, 0.25) is 0 Å². The third kappa shape index (κ3) is 5.10. The van der Waals surface area contributed by atoms with Crippen molar-refractivity contribution in [2.75, 3.05) is 10.6 Å². The zero-order chi connectivity index (χ0) is 20.8. The van der Waals surface area contributed by atoms with Crippen molar-refractivity contribution in [3.63, 3.8) is 0 Å². The molecule has 146 valence electrons. The van der Waals surface area contributed by atoms with Gasteiger partial charge >= 0.3 is 0 Å². The molecule has 0 fully saturated rings. The van der Waals surface area contributed by atoms with Gasteiger partial charge in [0, 0.05) is 0 Å². The number of para-hydroxylation sites is 2. The second-order valence-corrected chi connectivity index (χ2v) is 5.98. The van der Waals surface area contributed by atoms with Crippen LogP contribution in [0.4, 0.5) is 24.5 Å². The summed E-state index contributed by atoms with van der Waals surface area (Å²) >= 11 is 0. The van der Waals surface area contributed by atoms with Crippen molar-refractivity contribution in [3.05, 3.63) is 101 Å². The van der Waals surface area contributed by atoms with Gasteiger partial charge in [0.05, 0.1) is 11.4 Å². The third-order valence-electron chi connectivity index (χ3n) is 3.91. The van der Waals surface area contributed by atoms with E-state index < -0.39 is 34.8 Å². The Labute approximate surface area is 164 Å². The van der Waals surface area contributed by atoms with Crippen molar-refractivity contribution in [3.8, 4) is 0 Å². The molecule has 2 amide bonds. The van der Waals surface area contributed by atoms with Gasteiger partial charge in [0.2, 0.25) is 0 Å². The van der Waals surface area contributed by atoms with Crippen molar-refractivity contribution in [1.29, 1.82) is 0 Å². The summed E-state index contributed by atoms with van der Waals surface area (Å²) < 4.78 is 40.9. The van der Waals surface area contributed by atoms with Gasteiger partial charge in [-0.05, 0) is 48.0 Å². The lowest BCUT2D eigenvalue weighted by Gasteiger charge is -2.11. The maximum absolute atomic E-state index is 13.9. The van der Waals surface area contributed by atoms with Gasteiger partial charge in [-0.15, -0.1) is 0 Å². The Balaban J connectivity index is 1.93. The topological polar surface area (TPSA) is 58.2 Å². The molecular formula is C22H15F3N2O2. The zero-order valence-electron chi connectivity index (χ0n) is 15.0. The Kier molecular flexibility index (Phi) is 6.09. The molecule has 0 saturated carbocycles. The van der Waals surface area contributed by atoms with Gasteiger partial charge in [-0.25, -0.2) is 13.2 Å². The lowest BCUT2D eigenvalue weighted by Crippen LogP contribution is -2.26. The number of amides is 2. The van der Waals surface area contributed by atoms with Crippen LogP contribution in [-0.4, -0.2) is 11.8 Å². The first-order chi connectivity index (χ1) is 13.9. The van der Waals surface area contributed by atoms with Crippen molar-refractivity contribution < 1.29 is 22.8 Å². The second-order valence-electron chi connectivity index (χ2n) is 5.98. The predicted molar refractivity (Wildman–Crippen MR) is 104 cm³/mol. The molecule has 0 atom stereocenters. The van der Waals surface area contributed by atoms with E-state index in [1.165, 1.54) is 54.6 Å². The number of anilines is 2. The number of halogens is 3. The van der Waals surface area contributed by atoms with Gasteiger partial charge in [0.1, 0.15) is 23.0 Å². The van der Waals surface area contributed by atoms with Gasteiger partial charge in [-0.2, -0.15) is 0 Å². The van der Waals surface area contributed by atoms with E-state index in [0.717, 1.165) is 24.3 Å². The smallest absolute Gasteiger partial charge is 0.261 e. The van der Waals surface area contributed by atoms with E-state index >= 15 is 0 Å². The average molecular weight is 396 g/mol. The first-order valence-electron chi connectivity index (χ1n) is 8.53. The van der Waals surface area contributed by atoms with Crippen LogP contribution in [0.3, 0.4) is 0 Å². The highest BCUT2D eigenvalue weighted by molar-refractivity contribution is 6.28. The van der Waals surface area contributed by atoms with Gasteiger partial charge in [-0.1, -0.05) is 36.4 Å². The van der Waals surface area contributed by atoms with Crippen LogP contribution < -0.4 is 10.6 Å². The third-order valence-corrected chi connectivity index (χ3v) is 3.91. The van der Waals surface area contributed by atoms with E-state index in [1.54, 1.807) is 0 Å². The summed E-state index contributed by atoms with van der Waals surface area (Å²) in [6, 6.07) is 15.9. The molecule has 0 aliphatic rings. The maximum atomic E-state index is 13.9. The highest BCUT2D eigenvalue weighted by Crippen LogP contribution is 2.18. The van der Waals surface area contributed by atoms with Crippen LogP contribution in [0, 0.1) is 17.5 Å². The maximum Gasteiger partial charge on any atom is 0.261 e. The normalized spacial score (nSPS) is 10.2. The molecule has 0 bridgehead atoms. The first kappa shape index (κ1) is 19.9. The van der Waals surface area contributed by atoms with Crippen LogP contribution in [0.25, 0.3) is 6.08 Å². The second kappa shape index (κ2) is 8.88. The molecule has 3 aromatic carbocycles. The molecule has 3 aromatic rings. The number of hydrogen-bond donors (Lipinski definition) is 2. The number of nitrogens with one attached hydrogen (secondary N) is 2. The Morgan fingerprint density at radius 3 is 1.55 bits per heavy atom. The largest absolute Gasteiger partial charge is 0.319 e. The average Bonchev–Trinajstić information content (AvgIpc) is 2.71. The van der Waals surface area contributed by atoms with E-state index in [4.69, 9.17) is 0 Å². The summed E-state index contributed by atoms with van der Waals surface area (Å²) in [7, 11) is 0. The Bertz CT molecular complexity index is 1020. The number of carbonyl (C=O) groups excluding carboxylic acids is 2. The lowest BCUT2D eigenvalue weighted by atomic mass is 10.1. The molecule has 29 heavy (non-hydrogen) atoms. The molecule has 3 rings (SSSR count). The van der Waals surface area contributed by atoms with E-state index in [0.29, 0.717) is 5.56 Å². The number of hydrogen-bond acceptors (Lipinski definition) is 2. The van der Waals surface area contributed by atoms with E-state index in [2.05, 4.69) is 10.6 Å². The molecule has 0 aliphatic carbocycles. The quantitative estimate of drug-likeness (QED) is 0.371. The van der Waals surface area contributed by atoms with Crippen molar-refractivity contribution in [2.45, 2.75) is 0 Å². The van der Waals surface area contributed by atoms with E-state index in [9.17, 15) is 22.8 Å². The minimum absolute atomic E-state index is 0.124. The summed E-state index contributed by atoms with van der Waals surface area (Å²) in [6.45, 7) is 0. The van der Waals surface area contributed by atoms with Crippen molar-refractivity contribution >= 4 is 29.3 Å². The standard InChI is InChI=1S/C22H15F3N2O2/c23-15-11-9-14(10-12-15)13-16(21(28)26-19-7-3-1-5-17(19)24)22(29)27-20-8-4-2-6-18(20)25/h1-13H,(H,26,28)(H,27,29). The van der Waals surface area contributed by atoms with Crippen molar-refractivity contribution in [2.24, 2.45) is 0 Å². The minimum atomic E-state index is -0.909. The molecular weight excluding hydrogens is 381 g/mol. The Morgan fingerprint density at radius 2 is 1.10 bits per heavy atom. The molecule has 0 radical (unpaired) electrons. The van der Waals surface area contributed by atoms with Gasteiger partial charge in [-0.3, -0.25) is 9.59 Å². The fraction of sp³-hybridized carbons (Fsp3) is 0. The molecule has 0 spiro atoms. The summed E-state index contributed by atoms with van der Waals surface area (Å²) in [5.74, 6) is -3.68. The Hall–Kier alpha value is -3.87. The number of carbonyl (C=O) groups is 2. The predicted octanol–water partition coefficient (Wildman–Crippen LogP) is 4.76. The van der Waals surface area contributed by atoms with Crippen LogP contribution in [0.15, 0.2) is 78.4 Å². The highest BCUT2D eigenvalue weighted by Gasteiger charge is 2.21. The molecule has 0 unspecified atom stereocenters. The number of rotatable bonds is 5. The van der Waals surface area contributed by atoms with Crippen LogP contribution in [0.5, 0.6) is 0 Å². The highest BCUT2D eigenvalue weighted by atomic mass is 19.1. The SMILES string of the molecule is O=C(Nc1ccccc1F)C(=Cc1ccc(F)cc1)C(=O)Nc1ccccc1F. The van der Waals surface area contributed by atoms with E-state index in [1.807, 2.05) is 0 Å². The van der Waals surface area contributed by atoms with Gasteiger partial charge in [0.25, 0.3) is 11.8 Å².